The van der Waals surface area contributed by atoms with E-state index in [2.05, 4.69) is 4.98 Å². The lowest BCUT2D eigenvalue weighted by molar-refractivity contribution is -0.117. The highest BCUT2D eigenvalue weighted by Crippen LogP contribution is 2.43. The lowest BCUT2D eigenvalue weighted by Crippen LogP contribution is -2.31. The molecule has 0 saturated heterocycles. The summed E-state index contributed by atoms with van der Waals surface area (Å²) in [6.45, 7) is 3.84. The van der Waals surface area contributed by atoms with E-state index in [9.17, 15) is 14.7 Å². The first kappa shape index (κ1) is 21.0. The SMILES string of the molecule is Cc1ccc(N2C(=O)C(O)=C(C(=O)c3cc4cc(Cl)ccc4o3)C2c2cccnc2)c(C)c1. The zero-order valence-electron chi connectivity index (χ0n) is 17.9. The number of carbonyl (C=O) groups is 2. The number of amides is 1. The van der Waals surface area contributed by atoms with Crippen LogP contribution in [0.2, 0.25) is 5.02 Å². The van der Waals surface area contributed by atoms with Gasteiger partial charge in [-0.25, -0.2) is 0 Å². The Balaban J connectivity index is 1.67. The summed E-state index contributed by atoms with van der Waals surface area (Å²) in [6.07, 6.45) is 3.19. The van der Waals surface area contributed by atoms with E-state index in [0.717, 1.165) is 11.1 Å². The topological polar surface area (TPSA) is 83.6 Å². The Bertz CT molecular complexity index is 1460. The lowest BCUT2D eigenvalue weighted by atomic mass is 9.95. The number of benzene rings is 2. The molecule has 1 aliphatic heterocycles. The van der Waals surface area contributed by atoms with E-state index in [1.807, 2.05) is 32.0 Å². The normalized spacial score (nSPS) is 16.2. The molecule has 33 heavy (non-hydrogen) atoms. The van der Waals surface area contributed by atoms with Crippen molar-refractivity contribution in [3.8, 4) is 0 Å². The quantitative estimate of drug-likeness (QED) is 0.386. The molecule has 164 valence electrons. The van der Waals surface area contributed by atoms with Crippen molar-refractivity contribution in [2.24, 2.45) is 0 Å². The molecule has 0 bridgehead atoms. The number of aliphatic hydroxyl groups is 1. The number of aryl methyl sites for hydroxylation is 2. The molecule has 2 aromatic heterocycles. The Hall–Kier alpha value is -3.90. The van der Waals surface area contributed by atoms with Crippen molar-refractivity contribution in [2.75, 3.05) is 4.90 Å². The summed E-state index contributed by atoms with van der Waals surface area (Å²) in [5, 5.41) is 12.1. The van der Waals surface area contributed by atoms with Crippen molar-refractivity contribution in [1.82, 2.24) is 4.98 Å². The Morgan fingerprint density at radius 1 is 1.12 bits per heavy atom. The van der Waals surface area contributed by atoms with Crippen LogP contribution in [0, 0.1) is 13.8 Å². The maximum atomic E-state index is 13.6. The maximum Gasteiger partial charge on any atom is 0.294 e. The smallest absolute Gasteiger partial charge is 0.294 e. The number of aliphatic hydroxyl groups excluding tert-OH is 1. The van der Waals surface area contributed by atoms with E-state index in [-0.39, 0.29) is 11.3 Å². The van der Waals surface area contributed by atoms with Crippen molar-refractivity contribution < 1.29 is 19.1 Å². The number of Topliss-reactive ketones (excluding diaryl/α,β-unsaturated/α-hetero) is 1. The zero-order valence-corrected chi connectivity index (χ0v) is 18.6. The highest BCUT2D eigenvalue weighted by molar-refractivity contribution is 6.31. The molecule has 1 unspecified atom stereocenters. The van der Waals surface area contributed by atoms with Crippen LogP contribution in [0.4, 0.5) is 5.69 Å². The molecule has 1 amide bonds. The number of aromatic nitrogens is 1. The Labute approximate surface area is 194 Å². The Morgan fingerprint density at radius 2 is 1.94 bits per heavy atom. The van der Waals surface area contributed by atoms with Crippen LogP contribution in [-0.2, 0) is 4.79 Å². The molecule has 3 heterocycles. The van der Waals surface area contributed by atoms with Crippen LogP contribution >= 0.6 is 11.6 Å². The summed E-state index contributed by atoms with van der Waals surface area (Å²) in [4.78, 5) is 32.5. The van der Waals surface area contributed by atoms with Gasteiger partial charge in [-0.2, -0.15) is 0 Å². The molecule has 0 aliphatic carbocycles. The van der Waals surface area contributed by atoms with Crippen LogP contribution in [0.25, 0.3) is 11.0 Å². The average molecular weight is 459 g/mol. The number of nitrogens with zero attached hydrogens (tertiary/aromatic N) is 2. The van der Waals surface area contributed by atoms with Gasteiger partial charge in [-0.1, -0.05) is 35.4 Å². The standard InChI is InChI=1S/C26H19ClN2O4/c1-14-5-7-19(15(2)10-14)29-23(16-4-3-9-28-13-16)22(25(31)26(29)32)24(30)21-12-17-11-18(27)6-8-20(17)33-21/h3-13,23,31H,1-2H3. The summed E-state index contributed by atoms with van der Waals surface area (Å²) in [5.41, 5.74) is 3.50. The third-order valence-corrected chi connectivity index (χ3v) is 6.00. The summed E-state index contributed by atoms with van der Waals surface area (Å²) in [6, 6.07) is 14.9. The molecular formula is C26H19ClN2O4. The number of rotatable bonds is 4. The summed E-state index contributed by atoms with van der Waals surface area (Å²) >= 11 is 6.06. The van der Waals surface area contributed by atoms with Crippen molar-refractivity contribution >= 4 is 39.9 Å². The number of ketones is 1. The fourth-order valence-electron chi connectivity index (χ4n) is 4.27. The summed E-state index contributed by atoms with van der Waals surface area (Å²) < 4.78 is 5.75. The number of pyridine rings is 1. The van der Waals surface area contributed by atoms with E-state index in [0.29, 0.717) is 27.2 Å². The molecule has 4 aromatic rings. The van der Waals surface area contributed by atoms with Gasteiger partial charge in [0.15, 0.2) is 11.5 Å². The third kappa shape index (κ3) is 3.49. The van der Waals surface area contributed by atoms with Gasteiger partial charge in [0.25, 0.3) is 5.91 Å². The first-order valence-corrected chi connectivity index (χ1v) is 10.7. The highest BCUT2D eigenvalue weighted by atomic mass is 35.5. The van der Waals surface area contributed by atoms with Crippen LogP contribution in [0.5, 0.6) is 0 Å². The number of carbonyl (C=O) groups excluding carboxylic acids is 2. The van der Waals surface area contributed by atoms with E-state index in [1.54, 1.807) is 48.8 Å². The number of hydrogen-bond donors (Lipinski definition) is 1. The fraction of sp³-hybridized carbons (Fsp3) is 0.115. The molecule has 5 rings (SSSR count). The van der Waals surface area contributed by atoms with E-state index >= 15 is 0 Å². The molecule has 0 radical (unpaired) electrons. The van der Waals surface area contributed by atoms with Crippen LogP contribution in [0.1, 0.15) is 33.3 Å². The molecule has 6 nitrogen and oxygen atoms in total. The van der Waals surface area contributed by atoms with Gasteiger partial charge in [0.05, 0.1) is 11.6 Å². The van der Waals surface area contributed by atoms with Crippen molar-refractivity contribution in [2.45, 2.75) is 19.9 Å². The minimum atomic E-state index is -0.864. The lowest BCUT2D eigenvalue weighted by Gasteiger charge is -2.28. The number of halogens is 1. The van der Waals surface area contributed by atoms with Crippen LogP contribution in [0.3, 0.4) is 0 Å². The average Bonchev–Trinajstić information content (AvgIpc) is 3.33. The van der Waals surface area contributed by atoms with Crippen LogP contribution in [-0.4, -0.2) is 21.8 Å². The zero-order chi connectivity index (χ0) is 23.3. The molecule has 0 spiro atoms. The third-order valence-electron chi connectivity index (χ3n) is 5.77. The van der Waals surface area contributed by atoms with Crippen LogP contribution < -0.4 is 4.90 Å². The maximum absolute atomic E-state index is 13.6. The minimum absolute atomic E-state index is 0.0120. The molecule has 0 saturated carbocycles. The van der Waals surface area contributed by atoms with Gasteiger partial charge >= 0.3 is 0 Å². The number of fused-ring (bicyclic) bond motifs is 1. The van der Waals surface area contributed by atoms with Crippen molar-refractivity contribution in [3.63, 3.8) is 0 Å². The Kier molecular flexibility index (Phi) is 5.02. The summed E-state index contributed by atoms with van der Waals surface area (Å²) in [5.74, 6) is -1.82. The largest absolute Gasteiger partial charge is 0.503 e. The summed E-state index contributed by atoms with van der Waals surface area (Å²) in [7, 11) is 0. The number of anilines is 1. The first-order valence-electron chi connectivity index (χ1n) is 10.3. The molecule has 1 N–H and O–H groups in total. The van der Waals surface area contributed by atoms with Gasteiger partial charge in [-0.15, -0.1) is 0 Å². The fourth-order valence-corrected chi connectivity index (χ4v) is 4.45. The van der Waals surface area contributed by atoms with E-state index in [4.69, 9.17) is 16.0 Å². The Morgan fingerprint density at radius 3 is 2.67 bits per heavy atom. The predicted molar refractivity (Wildman–Crippen MR) is 126 cm³/mol. The second kappa shape index (κ2) is 7.90. The molecule has 7 heteroatoms. The van der Waals surface area contributed by atoms with Gasteiger partial charge in [0, 0.05) is 28.5 Å². The second-order valence-electron chi connectivity index (χ2n) is 8.04. The first-order chi connectivity index (χ1) is 15.8. The van der Waals surface area contributed by atoms with Gasteiger partial charge in [-0.05, 0) is 61.4 Å². The molecule has 1 aliphatic rings. The van der Waals surface area contributed by atoms with Crippen molar-refractivity contribution in [1.29, 1.82) is 0 Å². The number of hydrogen-bond acceptors (Lipinski definition) is 5. The highest BCUT2D eigenvalue weighted by Gasteiger charge is 2.45. The van der Waals surface area contributed by atoms with E-state index < -0.39 is 23.5 Å². The van der Waals surface area contributed by atoms with Gasteiger partial charge < -0.3 is 9.52 Å². The van der Waals surface area contributed by atoms with Crippen molar-refractivity contribution in [3.05, 3.63) is 106 Å². The monoisotopic (exact) mass is 458 g/mol. The molecule has 0 fully saturated rings. The predicted octanol–water partition coefficient (Wildman–Crippen LogP) is 5.88. The van der Waals surface area contributed by atoms with Gasteiger partial charge in [0.2, 0.25) is 5.78 Å². The minimum Gasteiger partial charge on any atom is -0.503 e. The number of furan rings is 1. The van der Waals surface area contributed by atoms with Gasteiger partial charge in [-0.3, -0.25) is 19.5 Å². The van der Waals surface area contributed by atoms with E-state index in [1.165, 1.54) is 4.90 Å². The molecule has 1 atom stereocenters. The van der Waals surface area contributed by atoms with Gasteiger partial charge in [0.1, 0.15) is 5.58 Å². The molecule has 2 aromatic carbocycles. The van der Waals surface area contributed by atoms with Crippen LogP contribution in [0.15, 0.2) is 82.7 Å². The second-order valence-corrected chi connectivity index (χ2v) is 8.47. The molecular weight excluding hydrogens is 440 g/mol.